The first-order chi connectivity index (χ1) is 16.5. The molecule has 1 fully saturated rings. The number of Topliss-reactive ketones (excluding diaryl/α,β-unsaturated/α-hetero) is 1. The van der Waals surface area contributed by atoms with Crippen LogP contribution in [0.3, 0.4) is 0 Å². The number of fused-ring (bicyclic) bond motifs is 2. The summed E-state index contributed by atoms with van der Waals surface area (Å²) in [6.45, 7) is 9.17. The summed E-state index contributed by atoms with van der Waals surface area (Å²) in [5.41, 5.74) is 4.39. The smallest absolute Gasteiger partial charge is 0.326 e. The van der Waals surface area contributed by atoms with Crippen molar-refractivity contribution in [1.82, 2.24) is 9.88 Å². The van der Waals surface area contributed by atoms with Crippen molar-refractivity contribution in [2.45, 2.75) is 64.5 Å². The molecule has 1 aromatic heterocycles. The van der Waals surface area contributed by atoms with E-state index in [1.165, 1.54) is 0 Å². The summed E-state index contributed by atoms with van der Waals surface area (Å²) in [5, 5.41) is 18.3. The number of hydrogen-bond donors (Lipinski definition) is 2. The average Bonchev–Trinajstić information content (AvgIpc) is 3.62. The number of ketones is 1. The van der Waals surface area contributed by atoms with Crippen LogP contribution < -0.4 is 9.64 Å². The number of carbonyl (C=O) groups excluding carboxylic acids is 1. The van der Waals surface area contributed by atoms with Gasteiger partial charge in [0.25, 0.3) is 0 Å². The number of nitrogens with zero attached hydrogens (tertiary/aromatic N) is 3. The molecule has 1 aromatic carbocycles. The molecule has 1 aliphatic carbocycles. The predicted molar refractivity (Wildman–Crippen MR) is 143 cm³/mol. The molecule has 0 amide bonds. The van der Waals surface area contributed by atoms with Crippen LogP contribution in [-0.4, -0.2) is 58.3 Å². The minimum Gasteiger partial charge on any atom is -0.489 e. The van der Waals surface area contributed by atoms with Crippen LogP contribution in [0.4, 0.5) is 5.69 Å². The molecule has 192 valence electrons. The zero-order valence-electron chi connectivity index (χ0n) is 21.1. The van der Waals surface area contributed by atoms with Gasteiger partial charge in [-0.25, -0.2) is 9.78 Å². The third-order valence-corrected chi connectivity index (χ3v) is 7.14. The van der Waals surface area contributed by atoms with Gasteiger partial charge in [-0.2, -0.15) is 0 Å². The molecule has 3 aliphatic rings. The lowest BCUT2D eigenvalue weighted by atomic mass is 9.84. The van der Waals surface area contributed by atoms with Crippen molar-refractivity contribution in [3.63, 3.8) is 0 Å². The Labute approximate surface area is 221 Å². The molecule has 2 aliphatic heterocycles. The predicted octanol–water partition coefficient (Wildman–Crippen LogP) is 4.53. The van der Waals surface area contributed by atoms with Gasteiger partial charge in [0.05, 0.1) is 18.8 Å². The number of benzene rings is 1. The van der Waals surface area contributed by atoms with Crippen molar-refractivity contribution in [1.29, 1.82) is 5.41 Å². The number of aromatic nitrogens is 1. The van der Waals surface area contributed by atoms with Gasteiger partial charge < -0.3 is 19.6 Å². The quantitative estimate of drug-likeness (QED) is 0.503. The van der Waals surface area contributed by atoms with Gasteiger partial charge >= 0.3 is 5.97 Å². The second-order valence-corrected chi connectivity index (χ2v) is 10.8. The molecule has 1 saturated carbocycles. The number of rotatable bonds is 6. The standard InChI is InChI=1S/C27H32N4O4.BrH/c1-15(26(33)34)31-9-10-35-24-19(27(2,3)4)11-18(12-21(24)31)22(32)14-30-13-17-7-8-20(16-5-6-16)29-23(17)25(30)28;/h7-8,11-12,15-16,28H,5-6,9-10,13-14H2,1-4H3,(H,33,34);1H. The van der Waals surface area contributed by atoms with E-state index in [4.69, 9.17) is 15.1 Å². The Balaban J connectivity index is 0.00000304. The minimum absolute atomic E-state index is 0. The van der Waals surface area contributed by atoms with E-state index in [1.807, 2.05) is 18.2 Å². The van der Waals surface area contributed by atoms with E-state index in [0.29, 0.717) is 48.3 Å². The van der Waals surface area contributed by atoms with E-state index in [1.54, 1.807) is 22.8 Å². The number of anilines is 1. The number of aliphatic carboxylic acids is 1. The Morgan fingerprint density at radius 2 is 1.97 bits per heavy atom. The molecule has 9 heteroatoms. The fourth-order valence-electron chi connectivity index (χ4n) is 4.87. The van der Waals surface area contributed by atoms with Crippen molar-refractivity contribution < 1.29 is 19.4 Å². The van der Waals surface area contributed by atoms with Crippen molar-refractivity contribution >= 4 is 40.3 Å². The van der Waals surface area contributed by atoms with Gasteiger partial charge in [-0.15, -0.1) is 17.0 Å². The lowest BCUT2D eigenvalue weighted by molar-refractivity contribution is -0.138. The molecule has 2 aromatic rings. The summed E-state index contributed by atoms with van der Waals surface area (Å²) in [4.78, 5) is 33.6. The van der Waals surface area contributed by atoms with E-state index < -0.39 is 12.0 Å². The molecule has 3 heterocycles. The number of nitrogens with one attached hydrogen (secondary N) is 1. The number of pyridine rings is 1. The molecule has 1 unspecified atom stereocenters. The van der Waals surface area contributed by atoms with Gasteiger partial charge in [0.2, 0.25) is 0 Å². The van der Waals surface area contributed by atoms with Gasteiger partial charge in [-0.1, -0.05) is 26.8 Å². The first-order valence-corrected chi connectivity index (χ1v) is 12.2. The van der Waals surface area contributed by atoms with Crippen LogP contribution in [0.2, 0.25) is 0 Å². The van der Waals surface area contributed by atoms with Crippen LogP contribution >= 0.6 is 17.0 Å². The van der Waals surface area contributed by atoms with Crippen LogP contribution in [-0.2, 0) is 16.8 Å². The Morgan fingerprint density at radius 1 is 1.25 bits per heavy atom. The lowest BCUT2D eigenvalue weighted by Crippen LogP contribution is -2.44. The molecular weight excluding hydrogens is 524 g/mol. The third-order valence-electron chi connectivity index (χ3n) is 7.14. The van der Waals surface area contributed by atoms with Crippen LogP contribution in [0, 0.1) is 5.41 Å². The van der Waals surface area contributed by atoms with Gasteiger partial charge in [-0.05, 0) is 43.4 Å². The zero-order valence-corrected chi connectivity index (χ0v) is 22.8. The Kier molecular flexibility index (Phi) is 6.90. The fourth-order valence-corrected chi connectivity index (χ4v) is 4.87. The lowest BCUT2D eigenvalue weighted by Gasteiger charge is -2.37. The second-order valence-electron chi connectivity index (χ2n) is 10.8. The molecule has 5 rings (SSSR count). The molecule has 1 atom stereocenters. The van der Waals surface area contributed by atoms with E-state index in [-0.39, 0.29) is 40.6 Å². The summed E-state index contributed by atoms with van der Waals surface area (Å²) < 4.78 is 6.01. The van der Waals surface area contributed by atoms with Crippen LogP contribution in [0.5, 0.6) is 5.75 Å². The van der Waals surface area contributed by atoms with Crippen molar-refractivity contribution in [3.8, 4) is 5.75 Å². The molecule has 0 bridgehead atoms. The van der Waals surface area contributed by atoms with E-state index >= 15 is 0 Å². The van der Waals surface area contributed by atoms with E-state index in [9.17, 15) is 14.7 Å². The Bertz CT molecular complexity index is 1240. The molecule has 0 spiro atoms. The second kappa shape index (κ2) is 9.50. The first-order valence-electron chi connectivity index (χ1n) is 12.2. The van der Waals surface area contributed by atoms with Crippen LogP contribution in [0.1, 0.15) is 79.3 Å². The third kappa shape index (κ3) is 4.73. The van der Waals surface area contributed by atoms with Gasteiger partial charge in [0, 0.05) is 34.8 Å². The number of carboxylic acids is 1. The molecule has 8 nitrogen and oxygen atoms in total. The van der Waals surface area contributed by atoms with E-state index in [2.05, 4.69) is 20.8 Å². The molecule has 2 N–H and O–H groups in total. The summed E-state index contributed by atoms with van der Waals surface area (Å²) in [5.74, 6) is 0.398. The van der Waals surface area contributed by atoms with Gasteiger partial charge in [0.15, 0.2) is 5.78 Å². The highest BCUT2D eigenvalue weighted by Crippen LogP contribution is 2.43. The highest BCUT2D eigenvalue weighted by Gasteiger charge is 2.34. The number of hydrogen-bond acceptors (Lipinski definition) is 6. The number of carbonyl (C=O) groups is 2. The number of ether oxygens (including phenoxy) is 1. The largest absolute Gasteiger partial charge is 0.489 e. The van der Waals surface area contributed by atoms with Gasteiger partial charge in [0.1, 0.15) is 29.9 Å². The molecule has 0 saturated heterocycles. The summed E-state index contributed by atoms with van der Waals surface area (Å²) >= 11 is 0. The maximum Gasteiger partial charge on any atom is 0.326 e. The normalized spacial score (nSPS) is 17.6. The van der Waals surface area contributed by atoms with Crippen LogP contribution in [0.25, 0.3) is 0 Å². The zero-order chi connectivity index (χ0) is 25.1. The summed E-state index contributed by atoms with van der Waals surface area (Å²) in [6.07, 6.45) is 2.30. The average molecular weight is 557 g/mol. The van der Waals surface area contributed by atoms with Crippen molar-refractivity contribution in [2.24, 2.45) is 0 Å². The molecule has 36 heavy (non-hydrogen) atoms. The summed E-state index contributed by atoms with van der Waals surface area (Å²) in [6, 6.07) is 6.96. The Hall–Kier alpha value is -2.94. The van der Waals surface area contributed by atoms with Crippen molar-refractivity contribution in [2.75, 3.05) is 24.6 Å². The maximum atomic E-state index is 13.5. The molecular formula is C27H33BrN4O4. The van der Waals surface area contributed by atoms with Crippen LogP contribution in [0.15, 0.2) is 24.3 Å². The molecule has 0 radical (unpaired) electrons. The SMILES string of the molecule is Br.CC(C(=O)O)N1CCOc2c1cc(C(=O)CN1Cc3ccc(C4CC4)nc3C1=N)cc2C(C)(C)C. The first kappa shape index (κ1) is 26.1. The summed E-state index contributed by atoms with van der Waals surface area (Å²) in [7, 11) is 0. The fraction of sp³-hybridized carbons (Fsp3) is 0.481. The monoisotopic (exact) mass is 556 g/mol. The van der Waals surface area contributed by atoms with Gasteiger partial charge in [-0.3, -0.25) is 10.2 Å². The maximum absolute atomic E-state index is 13.5. The number of halogens is 1. The number of carboxylic acid groups (broad SMARTS) is 1. The highest BCUT2D eigenvalue weighted by atomic mass is 79.9. The van der Waals surface area contributed by atoms with Crippen molar-refractivity contribution in [3.05, 3.63) is 52.3 Å². The number of amidine groups is 1. The minimum atomic E-state index is -0.923. The topological polar surface area (TPSA) is 107 Å². The highest BCUT2D eigenvalue weighted by molar-refractivity contribution is 8.93. The Morgan fingerprint density at radius 3 is 2.61 bits per heavy atom. The van der Waals surface area contributed by atoms with E-state index in [0.717, 1.165) is 29.7 Å².